The molecule has 0 radical (unpaired) electrons. The summed E-state index contributed by atoms with van der Waals surface area (Å²) in [5.74, 6) is 6.06. The van der Waals surface area contributed by atoms with Gasteiger partial charge >= 0.3 is 0 Å². The van der Waals surface area contributed by atoms with Gasteiger partial charge in [-0.3, -0.25) is 10.6 Å². The largest absolute Gasteiger partial charge is 0.339 e. The maximum absolute atomic E-state index is 12.5. The van der Waals surface area contributed by atoms with E-state index in [4.69, 9.17) is 5.84 Å². The van der Waals surface area contributed by atoms with E-state index in [0.29, 0.717) is 17.2 Å². The second-order valence-corrected chi connectivity index (χ2v) is 5.59. The van der Waals surface area contributed by atoms with Gasteiger partial charge in [-0.05, 0) is 43.9 Å². The van der Waals surface area contributed by atoms with Crippen molar-refractivity contribution in [1.29, 1.82) is 0 Å². The van der Waals surface area contributed by atoms with Crippen LogP contribution in [0.1, 0.15) is 43.1 Å². The summed E-state index contributed by atoms with van der Waals surface area (Å²) in [5, 5.41) is 0. The lowest BCUT2D eigenvalue weighted by atomic mass is 10.0. The van der Waals surface area contributed by atoms with Gasteiger partial charge in [0.25, 0.3) is 5.91 Å². The van der Waals surface area contributed by atoms with Crippen LogP contribution in [0.4, 0.5) is 5.69 Å². The number of hydrogen-bond acceptors (Lipinski definition) is 3. The SMILES string of the molecule is Cc1ccc(C(=O)N(C)C(C)CC(C)C)c(NN)c1. The third-order valence-corrected chi connectivity index (χ3v) is 3.36. The Morgan fingerprint density at radius 2 is 2.00 bits per heavy atom. The molecule has 0 aromatic heterocycles. The summed E-state index contributed by atoms with van der Waals surface area (Å²) in [7, 11) is 1.84. The molecule has 0 saturated heterocycles. The smallest absolute Gasteiger partial charge is 0.255 e. The molecular weight excluding hydrogens is 238 g/mol. The highest BCUT2D eigenvalue weighted by molar-refractivity contribution is 5.99. The first kappa shape index (κ1) is 15.5. The molecule has 1 amide bonds. The third-order valence-electron chi connectivity index (χ3n) is 3.36. The molecule has 1 atom stereocenters. The number of nitrogens with zero attached hydrogens (tertiary/aromatic N) is 1. The Kier molecular flexibility index (Phi) is 5.36. The molecule has 0 spiro atoms. The standard InChI is InChI=1S/C15H25N3O/c1-10(2)8-12(4)18(5)15(19)13-7-6-11(3)9-14(13)17-16/h6-7,9-10,12,17H,8,16H2,1-5H3. The van der Waals surface area contributed by atoms with Gasteiger partial charge in [0.05, 0.1) is 11.3 Å². The van der Waals surface area contributed by atoms with Gasteiger partial charge in [-0.25, -0.2) is 0 Å². The molecule has 4 nitrogen and oxygen atoms in total. The third kappa shape index (κ3) is 3.96. The van der Waals surface area contributed by atoms with Crippen LogP contribution in [-0.4, -0.2) is 23.9 Å². The number of hydrogen-bond donors (Lipinski definition) is 2. The van der Waals surface area contributed by atoms with Crippen molar-refractivity contribution in [3.63, 3.8) is 0 Å². The number of rotatable bonds is 5. The van der Waals surface area contributed by atoms with Gasteiger partial charge in [0.1, 0.15) is 0 Å². The van der Waals surface area contributed by atoms with E-state index in [9.17, 15) is 4.79 Å². The number of hydrazine groups is 1. The molecule has 0 heterocycles. The van der Waals surface area contributed by atoms with E-state index in [-0.39, 0.29) is 11.9 Å². The molecule has 0 fully saturated rings. The monoisotopic (exact) mass is 263 g/mol. The average Bonchev–Trinajstić information content (AvgIpc) is 2.36. The highest BCUT2D eigenvalue weighted by atomic mass is 16.2. The fourth-order valence-corrected chi connectivity index (χ4v) is 2.19. The van der Waals surface area contributed by atoms with E-state index < -0.39 is 0 Å². The molecule has 1 unspecified atom stereocenters. The summed E-state index contributed by atoms with van der Waals surface area (Å²) in [5.41, 5.74) is 4.97. The van der Waals surface area contributed by atoms with Crippen LogP contribution in [0.15, 0.2) is 18.2 Å². The average molecular weight is 263 g/mol. The minimum absolute atomic E-state index is 0.00102. The van der Waals surface area contributed by atoms with Crippen molar-refractivity contribution in [3.8, 4) is 0 Å². The number of nitrogens with two attached hydrogens (primary N) is 1. The minimum Gasteiger partial charge on any atom is -0.339 e. The van der Waals surface area contributed by atoms with Gasteiger partial charge in [-0.15, -0.1) is 0 Å². The van der Waals surface area contributed by atoms with E-state index in [1.165, 1.54) is 0 Å². The van der Waals surface area contributed by atoms with Gasteiger partial charge in [-0.1, -0.05) is 19.9 Å². The number of carbonyl (C=O) groups is 1. The fraction of sp³-hybridized carbons (Fsp3) is 0.533. The molecular formula is C15H25N3O. The van der Waals surface area contributed by atoms with Gasteiger partial charge in [0.15, 0.2) is 0 Å². The lowest BCUT2D eigenvalue weighted by Gasteiger charge is -2.27. The zero-order chi connectivity index (χ0) is 14.6. The molecule has 19 heavy (non-hydrogen) atoms. The number of nitrogen functional groups attached to an aromatic ring is 1. The quantitative estimate of drug-likeness (QED) is 0.634. The maximum Gasteiger partial charge on any atom is 0.255 e. The molecule has 4 heteroatoms. The molecule has 0 aliphatic carbocycles. The minimum atomic E-state index is 0.00102. The highest BCUT2D eigenvalue weighted by Gasteiger charge is 2.20. The van der Waals surface area contributed by atoms with Crippen LogP contribution < -0.4 is 11.3 Å². The normalized spacial score (nSPS) is 12.4. The predicted octanol–water partition coefficient (Wildman–Crippen LogP) is 2.79. The van der Waals surface area contributed by atoms with Crippen LogP contribution in [0.5, 0.6) is 0 Å². The Bertz CT molecular complexity index is 443. The van der Waals surface area contributed by atoms with E-state index >= 15 is 0 Å². The molecule has 1 rings (SSSR count). The first-order valence-corrected chi connectivity index (χ1v) is 6.71. The molecule has 3 N–H and O–H groups in total. The Hall–Kier alpha value is -1.55. The number of benzene rings is 1. The summed E-state index contributed by atoms with van der Waals surface area (Å²) < 4.78 is 0. The van der Waals surface area contributed by atoms with Crippen LogP contribution in [0.2, 0.25) is 0 Å². The van der Waals surface area contributed by atoms with Crippen molar-refractivity contribution in [2.75, 3.05) is 12.5 Å². The van der Waals surface area contributed by atoms with Crippen molar-refractivity contribution in [2.24, 2.45) is 11.8 Å². The topological polar surface area (TPSA) is 58.4 Å². The van der Waals surface area contributed by atoms with E-state index in [2.05, 4.69) is 26.2 Å². The van der Waals surface area contributed by atoms with Crippen LogP contribution in [0, 0.1) is 12.8 Å². The molecule has 0 aliphatic rings. The van der Waals surface area contributed by atoms with Crippen LogP contribution in [-0.2, 0) is 0 Å². The molecule has 0 saturated carbocycles. The number of nitrogens with one attached hydrogen (secondary N) is 1. The lowest BCUT2D eigenvalue weighted by Crippen LogP contribution is -2.36. The lowest BCUT2D eigenvalue weighted by molar-refractivity contribution is 0.0729. The van der Waals surface area contributed by atoms with Crippen molar-refractivity contribution < 1.29 is 4.79 Å². The Labute approximate surface area is 115 Å². The summed E-state index contributed by atoms with van der Waals surface area (Å²) in [6, 6.07) is 5.84. The molecule has 1 aromatic carbocycles. The Morgan fingerprint density at radius 1 is 1.37 bits per heavy atom. The fourth-order valence-electron chi connectivity index (χ4n) is 2.19. The van der Waals surface area contributed by atoms with Gasteiger partial charge < -0.3 is 10.3 Å². The number of aryl methyl sites for hydroxylation is 1. The van der Waals surface area contributed by atoms with E-state index in [1.54, 1.807) is 4.90 Å². The summed E-state index contributed by atoms with van der Waals surface area (Å²) in [4.78, 5) is 14.3. The molecule has 106 valence electrons. The van der Waals surface area contributed by atoms with Gasteiger partial charge in [0.2, 0.25) is 0 Å². The summed E-state index contributed by atoms with van der Waals surface area (Å²) in [6.45, 7) is 8.36. The first-order valence-electron chi connectivity index (χ1n) is 6.71. The second kappa shape index (κ2) is 6.57. The molecule has 0 bridgehead atoms. The predicted molar refractivity (Wildman–Crippen MR) is 80.0 cm³/mol. The second-order valence-electron chi connectivity index (χ2n) is 5.59. The van der Waals surface area contributed by atoms with Gasteiger partial charge in [0, 0.05) is 13.1 Å². The van der Waals surface area contributed by atoms with Gasteiger partial charge in [-0.2, -0.15) is 0 Å². The van der Waals surface area contributed by atoms with Crippen LogP contribution in [0.25, 0.3) is 0 Å². The van der Waals surface area contributed by atoms with Crippen LogP contribution >= 0.6 is 0 Å². The maximum atomic E-state index is 12.5. The highest BCUT2D eigenvalue weighted by Crippen LogP contribution is 2.20. The Morgan fingerprint density at radius 3 is 2.53 bits per heavy atom. The number of amides is 1. The van der Waals surface area contributed by atoms with Crippen molar-refractivity contribution in [2.45, 2.75) is 40.2 Å². The number of anilines is 1. The van der Waals surface area contributed by atoms with Crippen molar-refractivity contribution in [1.82, 2.24) is 4.90 Å². The summed E-state index contributed by atoms with van der Waals surface area (Å²) >= 11 is 0. The zero-order valence-electron chi connectivity index (χ0n) is 12.5. The van der Waals surface area contributed by atoms with E-state index in [1.807, 2.05) is 32.2 Å². The first-order chi connectivity index (χ1) is 8.86. The Balaban J connectivity index is 2.93. The van der Waals surface area contributed by atoms with E-state index in [0.717, 1.165) is 12.0 Å². The zero-order valence-corrected chi connectivity index (χ0v) is 12.5. The summed E-state index contributed by atoms with van der Waals surface area (Å²) in [6.07, 6.45) is 0.986. The van der Waals surface area contributed by atoms with Crippen molar-refractivity contribution >= 4 is 11.6 Å². The number of carbonyl (C=O) groups excluding carboxylic acids is 1. The molecule has 0 aliphatic heterocycles. The molecule has 1 aromatic rings. The van der Waals surface area contributed by atoms with Crippen LogP contribution in [0.3, 0.4) is 0 Å². The van der Waals surface area contributed by atoms with Crippen molar-refractivity contribution in [3.05, 3.63) is 29.3 Å².